The molecule has 1 aromatic rings. The number of ether oxygens (including phenoxy) is 2. The third-order valence-electron chi connectivity index (χ3n) is 2.84. The fourth-order valence-corrected chi connectivity index (χ4v) is 2.02. The van der Waals surface area contributed by atoms with Crippen LogP contribution in [-0.4, -0.2) is 30.9 Å². The van der Waals surface area contributed by atoms with Crippen molar-refractivity contribution in [3.8, 4) is 0 Å². The van der Waals surface area contributed by atoms with Gasteiger partial charge < -0.3 is 19.2 Å². The summed E-state index contributed by atoms with van der Waals surface area (Å²) in [6.45, 7) is 8.25. The number of nitrogens with one attached hydrogen (secondary N) is 1. The van der Waals surface area contributed by atoms with Crippen molar-refractivity contribution in [1.29, 1.82) is 0 Å². The number of carbonyl (C=O) groups is 1. The lowest BCUT2D eigenvalue weighted by Crippen LogP contribution is -2.34. The molecule has 2 rings (SSSR count). The van der Waals surface area contributed by atoms with Crippen LogP contribution < -0.4 is 5.32 Å². The van der Waals surface area contributed by atoms with E-state index in [4.69, 9.17) is 13.9 Å². The highest BCUT2D eigenvalue weighted by atomic mass is 16.7. The van der Waals surface area contributed by atoms with E-state index in [1.165, 1.54) is 0 Å². The third-order valence-corrected chi connectivity index (χ3v) is 2.84. The molecule has 0 bridgehead atoms. The average Bonchev–Trinajstić information content (AvgIpc) is 2.78. The largest absolute Gasteiger partial charge is 0.466 e. The Hall–Kier alpha value is -1.33. The molecule has 1 aliphatic heterocycles. The minimum atomic E-state index is -0.558. The monoisotopic (exact) mass is 253 g/mol. The van der Waals surface area contributed by atoms with Crippen LogP contribution in [0.15, 0.2) is 10.5 Å². The zero-order chi connectivity index (χ0) is 13.3. The molecule has 1 amide bonds. The Balaban J connectivity index is 1.88. The van der Waals surface area contributed by atoms with Gasteiger partial charge >= 0.3 is 0 Å². The number of furan rings is 1. The maximum atomic E-state index is 11.9. The Morgan fingerprint density at radius 2 is 2.22 bits per heavy atom. The molecule has 1 aromatic heterocycles. The van der Waals surface area contributed by atoms with Crippen molar-refractivity contribution in [3.05, 3.63) is 23.2 Å². The molecule has 0 aliphatic carbocycles. The van der Waals surface area contributed by atoms with Crippen LogP contribution in [0, 0.1) is 13.8 Å². The van der Waals surface area contributed by atoms with Crippen LogP contribution in [0.25, 0.3) is 0 Å². The number of aryl methyl sites for hydroxylation is 2. The molecule has 0 aromatic carbocycles. The van der Waals surface area contributed by atoms with Crippen LogP contribution in [0.1, 0.15) is 35.7 Å². The molecule has 1 atom stereocenters. The molecule has 0 radical (unpaired) electrons. The van der Waals surface area contributed by atoms with Gasteiger partial charge in [0.05, 0.1) is 12.2 Å². The number of carbonyl (C=O) groups excluding carboxylic acids is 1. The second-order valence-corrected chi connectivity index (χ2v) is 4.99. The van der Waals surface area contributed by atoms with E-state index in [-0.39, 0.29) is 12.0 Å². The molecule has 2 heterocycles. The van der Waals surface area contributed by atoms with Crippen molar-refractivity contribution in [2.75, 3.05) is 13.2 Å². The van der Waals surface area contributed by atoms with Gasteiger partial charge in [-0.3, -0.25) is 4.79 Å². The highest BCUT2D eigenvalue weighted by Gasteiger charge is 2.32. The van der Waals surface area contributed by atoms with Gasteiger partial charge in [0.2, 0.25) is 0 Å². The molecule has 5 nitrogen and oxygen atoms in total. The van der Waals surface area contributed by atoms with E-state index in [1.54, 1.807) is 13.0 Å². The lowest BCUT2D eigenvalue weighted by atomic mass is 10.2. The molecule has 1 saturated heterocycles. The zero-order valence-corrected chi connectivity index (χ0v) is 11.2. The highest BCUT2D eigenvalue weighted by molar-refractivity contribution is 5.95. The van der Waals surface area contributed by atoms with Crippen molar-refractivity contribution >= 4 is 5.91 Å². The molecule has 5 heteroatoms. The molecule has 1 aliphatic rings. The summed E-state index contributed by atoms with van der Waals surface area (Å²) in [5.41, 5.74) is 0.575. The van der Waals surface area contributed by atoms with E-state index in [9.17, 15) is 4.79 Å². The Morgan fingerprint density at radius 3 is 2.72 bits per heavy atom. The molecule has 0 spiro atoms. The predicted molar refractivity (Wildman–Crippen MR) is 65.4 cm³/mol. The second-order valence-electron chi connectivity index (χ2n) is 4.99. The zero-order valence-electron chi connectivity index (χ0n) is 11.2. The first-order chi connectivity index (χ1) is 8.37. The maximum absolute atomic E-state index is 11.9. The molecule has 1 unspecified atom stereocenters. The van der Waals surface area contributed by atoms with E-state index >= 15 is 0 Å². The lowest BCUT2D eigenvalue weighted by Gasteiger charge is -2.17. The van der Waals surface area contributed by atoms with Gasteiger partial charge in [0.25, 0.3) is 5.91 Å². The van der Waals surface area contributed by atoms with Gasteiger partial charge in [-0.2, -0.15) is 0 Å². The quantitative estimate of drug-likeness (QED) is 0.892. The fourth-order valence-electron chi connectivity index (χ4n) is 2.02. The first kappa shape index (κ1) is 13.1. The van der Waals surface area contributed by atoms with Gasteiger partial charge in [-0.05, 0) is 33.8 Å². The summed E-state index contributed by atoms with van der Waals surface area (Å²) in [7, 11) is 0. The minimum absolute atomic E-state index is 0.0998. The van der Waals surface area contributed by atoms with Crippen molar-refractivity contribution < 1.29 is 18.7 Å². The van der Waals surface area contributed by atoms with Crippen LogP contribution in [0.2, 0.25) is 0 Å². The Morgan fingerprint density at radius 1 is 1.50 bits per heavy atom. The Kier molecular flexibility index (Phi) is 3.45. The van der Waals surface area contributed by atoms with E-state index in [0.29, 0.717) is 24.5 Å². The first-order valence-electron chi connectivity index (χ1n) is 6.04. The van der Waals surface area contributed by atoms with E-state index < -0.39 is 5.79 Å². The van der Waals surface area contributed by atoms with Crippen LogP contribution in [0.4, 0.5) is 0 Å². The highest BCUT2D eigenvalue weighted by Crippen LogP contribution is 2.21. The topological polar surface area (TPSA) is 60.7 Å². The fraction of sp³-hybridized carbons (Fsp3) is 0.615. The normalized spacial score (nSPS) is 22.1. The molecular weight excluding hydrogens is 234 g/mol. The van der Waals surface area contributed by atoms with Gasteiger partial charge in [0.15, 0.2) is 5.79 Å². The molecule has 1 N–H and O–H groups in total. The number of hydrogen-bond acceptors (Lipinski definition) is 4. The first-order valence-corrected chi connectivity index (χ1v) is 6.04. The second kappa shape index (κ2) is 4.74. The maximum Gasteiger partial charge on any atom is 0.254 e. The molecular formula is C13H19NO4. The summed E-state index contributed by atoms with van der Waals surface area (Å²) in [6, 6.07) is 1.74. The van der Waals surface area contributed by atoms with Gasteiger partial charge in [-0.25, -0.2) is 0 Å². The molecule has 100 valence electrons. The standard InChI is InChI=1S/C13H19NO4/c1-8-5-11(9(2)17-8)12(15)14-6-10-7-16-13(3,4)18-10/h5,10H,6-7H2,1-4H3,(H,14,15). The van der Waals surface area contributed by atoms with E-state index in [1.807, 2.05) is 20.8 Å². The van der Waals surface area contributed by atoms with Gasteiger partial charge in [-0.15, -0.1) is 0 Å². The Bertz CT molecular complexity index is 450. The summed E-state index contributed by atoms with van der Waals surface area (Å²) >= 11 is 0. The smallest absolute Gasteiger partial charge is 0.254 e. The molecule has 0 saturated carbocycles. The van der Waals surface area contributed by atoms with Crippen LogP contribution in [0.5, 0.6) is 0 Å². The predicted octanol–water partition coefficient (Wildman–Crippen LogP) is 1.78. The van der Waals surface area contributed by atoms with Crippen LogP contribution in [-0.2, 0) is 9.47 Å². The van der Waals surface area contributed by atoms with Crippen molar-refractivity contribution in [2.24, 2.45) is 0 Å². The van der Waals surface area contributed by atoms with Crippen molar-refractivity contribution in [2.45, 2.75) is 39.6 Å². The van der Waals surface area contributed by atoms with Crippen LogP contribution in [0.3, 0.4) is 0 Å². The number of amides is 1. The van der Waals surface area contributed by atoms with Crippen LogP contribution >= 0.6 is 0 Å². The van der Waals surface area contributed by atoms with Gasteiger partial charge in [0.1, 0.15) is 17.6 Å². The lowest BCUT2D eigenvalue weighted by molar-refractivity contribution is -0.137. The summed E-state index contributed by atoms with van der Waals surface area (Å²) in [5.74, 6) is 0.670. The van der Waals surface area contributed by atoms with Crippen molar-refractivity contribution in [3.63, 3.8) is 0 Å². The van der Waals surface area contributed by atoms with Crippen molar-refractivity contribution in [1.82, 2.24) is 5.32 Å². The molecule has 18 heavy (non-hydrogen) atoms. The van der Waals surface area contributed by atoms with Gasteiger partial charge in [0, 0.05) is 6.54 Å². The SMILES string of the molecule is Cc1cc(C(=O)NCC2COC(C)(C)O2)c(C)o1. The van der Waals surface area contributed by atoms with E-state index in [0.717, 1.165) is 5.76 Å². The summed E-state index contributed by atoms with van der Waals surface area (Å²) in [4.78, 5) is 11.9. The average molecular weight is 253 g/mol. The van der Waals surface area contributed by atoms with E-state index in [2.05, 4.69) is 5.32 Å². The number of rotatable bonds is 3. The Labute approximate surface area is 106 Å². The molecule has 1 fully saturated rings. The third kappa shape index (κ3) is 2.91. The number of hydrogen-bond donors (Lipinski definition) is 1. The minimum Gasteiger partial charge on any atom is -0.466 e. The summed E-state index contributed by atoms with van der Waals surface area (Å²) in [5, 5.41) is 2.83. The summed E-state index contributed by atoms with van der Waals surface area (Å²) in [6.07, 6.45) is -0.0998. The van der Waals surface area contributed by atoms with Gasteiger partial charge in [-0.1, -0.05) is 0 Å². The summed E-state index contributed by atoms with van der Waals surface area (Å²) < 4.78 is 16.4.